The normalized spacial score (nSPS) is 10.5. The Morgan fingerprint density at radius 2 is 1.76 bits per heavy atom. The Kier molecular flexibility index (Phi) is 4.79. The van der Waals surface area contributed by atoms with Crippen LogP contribution < -0.4 is 4.90 Å². The van der Waals surface area contributed by atoms with Crippen molar-refractivity contribution in [3.63, 3.8) is 0 Å². The Labute approximate surface area is 143 Å². The average molecular weight is 339 g/mol. The minimum absolute atomic E-state index is 0.00529. The molecule has 1 amide bonds. The molecular weight excluding hydrogens is 324 g/mol. The van der Waals surface area contributed by atoms with Crippen molar-refractivity contribution >= 4 is 11.7 Å². The number of nitrogens with zero attached hydrogens (tertiary/aromatic N) is 3. The first-order chi connectivity index (χ1) is 12.0. The van der Waals surface area contributed by atoms with E-state index in [1.807, 2.05) is 30.3 Å². The minimum atomic E-state index is -0.617. The van der Waals surface area contributed by atoms with Crippen LogP contribution in [0.2, 0.25) is 0 Å². The van der Waals surface area contributed by atoms with Crippen LogP contribution in [0.5, 0.6) is 0 Å². The molecule has 0 saturated carbocycles. The van der Waals surface area contributed by atoms with Crippen molar-refractivity contribution in [2.24, 2.45) is 0 Å². The van der Waals surface area contributed by atoms with E-state index >= 15 is 0 Å². The van der Waals surface area contributed by atoms with Crippen molar-refractivity contribution in [3.8, 4) is 11.3 Å². The molecule has 0 radical (unpaired) electrons. The fourth-order valence-corrected chi connectivity index (χ4v) is 2.36. The predicted octanol–water partition coefficient (Wildman–Crippen LogP) is 3.63. The van der Waals surface area contributed by atoms with Crippen LogP contribution in [0, 0.1) is 11.6 Å². The average Bonchev–Trinajstić information content (AvgIpc) is 2.65. The van der Waals surface area contributed by atoms with E-state index < -0.39 is 17.5 Å². The number of hydrogen-bond donors (Lipinski definition) is 0. The predicted molar refractivity (Wildman–Crippen MR) is 90.9 cm³/mol. The summed E-state index contributed by atoms with van der Waals surface area (Å²) in [6.45, 7) is 0. The third-order valence-electron chi connectivity index (χ3n) is 3.79. The number of rotatable bonds is 4. The molecule has 25 heavy (non-hydrogen) atoms. The van der Waals surface area contributed by atoms with Crippen molar-refractivity contribution in [1.29, 1.82) is 0 Å². The SMILES string of the molecule is CN(C(=O)Cc1cc(F)ccc1F)c1ccc(-c2ccccc2)nn1. The Hall–Kier alpha value is -3.15. The van der Waals surface area contributed by atoms with E-state index in [0.29, 0.717) is 11.5 Å². The zero-order valence-corrected chi connectivity index (χ0v) is 13.5. The first-order valence-electron chi connectivity index (χ1n) is 7.64. The van der Waals surface area contributed by atoms with Gasteiger partial charge >= 0.3 is 0 Å². The van der Waals surface area contributed by atoms with Crippen molar-refractivity contribution in [1.82, 2.24) is 10.2 Å². The van der Waals surface area contributed by atoms with Crippen LogP contribution in [0.15, 0.2) is 60.7 Å². The third kappa shape index (κ3) is 3.85. The number of benzene rings is 2. The number of carbonyl (C=O) groups excluding carboxylic acids is 1. The number of carbonyl (C=O) groups is 1. The van der Waals surface area contributed by atoms with E-state index in [2.05, 4.69) is 10.2 Å². The third-order valence-corrected chi connectivity index (χ3v) is 3.79. The molecule has 0 N–H and O–H groups in total. The van der Waals surface area contributed by atoms with Gasteiger partial charge in [0.2, 0.25) is 5.91 Å². The van der Waals surface area contributed by atoms with E-state index in [1.54, 1.807) is 12.1 Å². The lowest BCUT2D eigenvalue weighted by atomic mass is 10.1. The quantitative estimate of drug-likeness (QED) is 0.729. The molecule has 126 valence electrons. The number of amides is 1. The van der Waals surface area contributed by atoms with Gasteiger partial charge in [-0.25, -0.2) is 8.78 Å². The Bertz CT molecular complexity index is 883. The lowest BCUT2D eigenvalue weighted by molar-refractivity contribution is -0.117. The zero-order valence-electron chi connectivity index (χ0n) is 13.5. The minimum Gasteiger partial charge on any atom is -0.298 e. The number of anilines is 1. The zero-order chi connectivity index (χ0) is 17.8. The second kappa shape index (κ2) is 7.17. The number of halogens is 2. The van der Waals surface area contributed by atoms with Gasteiger partial charge in [0.15, 0.2) is 5.82 Å². The Balaban J connectivity index is 1.75. The highest BCUT2D eigenvalue weighted by Crippen LogP contribution is 2.18. The summed E-state index contributed by atoms with van der Waals surface area (Å²) in [6, 6.07) is 16.0. The van der Waals surface area contributed by atoms with Gasteiger partial charge in [-0.15, -0.1) is 10.2 Å². The molecule has 0 saturated heterocycles. The van der Waals surface area contributed by atoms with Crippen molar-refractivity contribution < 1.29 is 13.6 Å². The maximum atomic E-state index is 13.7. The molecule has 1 heterocycles. The van der Waals surface area contributed by atoms with Crippen LogP contribution in [0.4, 0.5) is 14.6 Å². The van der Waals surface area contributed by atoms with Gasteiger partial charge in [-0.1, -0.05) is 30.3 Å². The Morgan fingerprint density at radius 1 is 1.00 bits per heavy atom. The molecule has 3 rings (SSSR count). The van der Waals surface area contributed by atoms with E-state index in [-0.39, 0.29) is 12.0 Å². The summed E-state index contributed by atoms with van der Waals surface area (Å²) in [5, 5.41) is 8.16. The van der Waals surface area contributed by atoms with Crippen LogP contribution in [-0.2, 0) is 11.2 Å². The topological polar surface area (TPSA) is 46.1 Å². The molecule has 0 aliphatic heterocycles. The first kappa shape index (κ1) is 16.7. The smallest absolute Gasteiger partial charge is 0.232 e. The molecule has 2 aromatic carbocycles. The lowest BCUT2D eigenvalue weighted by Gasteiger charge is -2.16. The second-order valence-electron chi connectivity index (χ2n) is 5.51. The number of likely N-dealkylation sites (N-methyl/N-ethyl adjacent to an activating group) is 1. The lowest BCUT2D eigenvalue weighted by Crippen LogP contribution is -2.29. The molecule has 3 aromatic rings. The molecule has 0 unspecified atom stereocenters. The molecule has 1 aromatic heterocycles. The summed E-state index contributed by atoms with van der Waals surface area (Å²) >= 11 is 0. The maximum absolute atomic E-state index is 13.7. The molecule has 6 heteroatoms. The van der Waals surface area contributed by atoms with E-state index in [4.69, 9.17) is 0 Å². The highest BCUT2D eigenvalue weighted by molar-refractivity contribution is 5.93. The van der Waals surface area contributed by atoms with Gasteiger partial charge in [0, 0.05) is 18.2 Å². The van der Waals surface area contributed by atoms with Gasteiger partial charge in [-0.2, -0.15) is 0 Å². The van der Waals surface area contributed by atoms with Crippen LogP contribution in [-0.4, -0.2) is 23.2 Å². The summed E-state index contributed by atoms with van der Waals surface area (Å²) in [6.07, 6.45) is -0.262. The van der Waals surface area contributed by atoms with Crippen molar-refractivity contribution in [3.05, 3.63) is 77.9 Å². The summed E-state index contributed by atoms with van der Waals surface area (Å²) in [5.74, 6) is -1.28. The second-order valence-corrected chi connectivity index (χ2v) is 5.51. The van der Waals surface area contributed by atoms with Crippen molar-refractivity contribution in [2.45, 2.75) is 6.42 Å². The first-order valence-corrected chi connectivity index (χ1v) is 7.64. The standard InChI is InChI=1S/C19H15F2N3O/c1-24(19(25)12-14-11-15(20)7-8-16(14)21)18-10-9-17(22-23-18)13-5-3-2-4-6-13/h2-11H,12H2,1H3. The van der Waals surface area contributed by atoms with Gasteiger partial charge < -0.3 is 0 Å². The van der Waals surface area contributed by atoms with E-state index in [1.165, 1.54) is 11.9 Å². The molecule has 0 atom stereocenters. The van der Waals surface area contributed by atoms with Gasteiger partial charge in [0.25, 0.3) is 0 Å². The molecule has 0 aliphatic rings. The summed E-state index contributed by atoms with van der Waals surface area (Å²) in [5.41, 5.74) is 1.60. The highest BCUT2D eigenvalue weighted by Gasteiger charge is 2.16. The largest absolute Gasteiger partial charge is 0.298 e. The van der Waals surface area contributed by atoms with E-state index in [0.717, 1.165) is 23.8 Å². The fraction of sp³-hybridized carbons (Fsp3) is 0.105. The van der Waals surface area contributed by atoms with E-state index in [9.17, 15) is 13.6 Å². The van der Waals surface area contributed by atoms with Crippen LogP contribution in [0.1, 0.15) is 5.56 Å². The fourth-order valence-electron chi connectivity index (χ4n) is 2.36. The van der Waals surface area contributed by atoms with Gasteiger partial charge in [0.05, 0.1) is 12.1 Å². The monoisotopic (exact) mass is 339 g/mol. The molecule has 0 spiro atoms. The molecule has 0 fully saturated rings. The maximum Gasteiger partial charge on any atom is 0.232 e. The number of hydrogen-bond acceptors (Lipinski definition) is 3. The summed E-state index contributed by atoms with van der Waals surface area (Å²) in [7, 11) is 1.52. The number of aromatic nitrogens is 2. The van der Waals surface area contributed by atoms with Crippen LogP contribution >= 0.6 is 0 Å². The van der Waals surface area contributed by atoms with Gasteiger partial charge in [-0.05, 0) is 30.3 Å². The van der Waals surface area contributed by atoms with Gasteiger partial charge in [0.1, 0.15) is 11.6 Å². The van der Waals surface area contributed by atoms with Gasteiger partial charge in [-0.3, -0.25) is 9.69 Å². The van der Waals surface area contributed by atoms with Crippen LogP contribution in [0.25, 0.3) is 11.3 Å². The molecular formula is C19H15F2N3O. The summed E-state index contributed by atoms with van der Waals surface area (Å²) in [4.78, 5) is 13.6. The Morgan fingerprint density at radius 3 is 2.44 bits per heavy atom. The van der Waals surface area contributed by atoms with Crippen LogP contribution in [0.3, 0.4) is 0 Å². The highest BCUT2D eigenvalue weighted by atomic mass is 19.1. The molecule has 4 nitrogen and oxygen atoms in total. The summed E-state index contributed by atoms with van der Waals surface area (Å²) < 4.78 is 26.9. The molecule has 0 bridgehead atoms. The molecule has 0 aliphatic carbocycles. The van der Waals surface area contributed by atoms with Crippen molar-refractivity contribution in [2.75, 3.05) is 11.9 Å².